The lowest BCUT2D eigenvalue weighted by Gasteiger charge is -2.30. The Morgan fingerprint density at radius 3 is 2.94 bits per heavy atom. The first kappa shape index (κ1) is 21.9. The number of hydrogen-bond acceptors (Lipinski definition) is 5. The maximum atomic E-state index is 13.3. The van der Waals surface area contributed by atoms with Gasteiger partial charge in [0.25, 0.3) is 5.91 Å². The number of amides is 2. The van der Waals surface area contributed by atoms with Crippen LogP contribution in [0.1, 0.15) is 18.4 Å². The molecule has 1 N–H and O–H groups in total. The predicted molar refractivity (Wildman–Crippen MR) is 125 cm³/mol. The number of para-hydroxylation sites is 1. The van der Waals surface area contributed by atoms with Crippen LogP contribution in [0.25, 0.3) is 6.08 Å². The fourth-order valence-corrected chi connectivity index (χ4v) is 5.19. The standard InChI is InChI=1S/C23H23BrN2O4S/c1-29-19-9-8-15(11-17(19)24)12-21-23(28)26(18-6-2-3-7-20(18)31-21)14-22(27)25-13-16-5-4-10-30-16/h2-3,6-9,11-12,16H,4-5,10,13-14H2,1H3,(H,25,27)/b21-12-/t16-/m1/s1. The maximum Gasteiger partial charge on any atom is 0.265 e. The molecule has 2 aliphatic rings. The van der Waals surface area contributed by atoms with Gasteiger partial charge in [0, 0.05) is 18.0 Å². The molecule has 162 valence electrons. The highest BCUT2D eigenvalue weighted by Gasteiger charge is 2.30. The molecule has 0 aliphatic carbocycles. The average Bonchev–Trinajstić information content (AvgIpc) is 3.29. The van der Waals surface area contributed by atoms with Crippen LogP contribution in [0.5, 0.6) is 5.75 Å². The summed E-state index contributed by atoms with van der Waals surface area (Å²) in [4.78, 5) is 28.9. The number of fused-ring (bicyclic) bond motifs is 1. The van der Waals surface area contributed by atoms with Crippen molar-refractivity contribution in [2.45, 2.75) is 23.8 Å². The van der Waals surface area contributed by atoms with Crippen molar-refractivity contribution >= 4 is 51.3 Å². The summed E-state index contributed by atoms with van der Waals surface area (Å²) in [6.45, 7) is 1.18. The number of halogens is 1. The lowest BCUT2D eigenvalue weighted by Crippen LogP contribution is -2.44. The second kappa shape index (κ2) is 9.89. The zero-order chi connectivity index (χ0) is 21.8. The van der Waals surface area contributed by atoms with Gasteiger partial charge in [0.05, 0.1) is 28.3 Å². The van der Waals surface area contributed by atoms with Gasteiger partial charge in [-0.3, -0.25) is 14.5 Å². The van der Waals surface area contributed by atoms with Crippen molar-refractivity contribution in [1.82, 2.24) is 5.32 Å². The van der Waals surface area contributed by atoms with Crippen LogP contribution in [-0.2, 0) is 14.3 Å². The molecule has 2 aromatic carbocycles. The highest BCUT2D eigenvalue weighted by atomic mass is 79.9. The Labute approximate surface area is 194 Å². The second-order valence-electron chi connectivity index (χ2n) is 7.30. The van der Waals surface area contributed by atoms with Crippen LogP contribution in [0.2, 0.25) is 0 Å². The molecule has 0 radical (unpaired) electrons. The lowest BCUT2D eigenvalue weighted by atomic mass is 10.2. The van der Waals surface area contributed by atoms with Crippen LogP contribution in [0.4, 0.5) is 5.69 Å². The number of rotatable bonds is 6. The zero-order valence-corrected chi connectivity index (χ0v) is 19.5. The van der Waals surface area contributed by atoms with E-state index in [-0.39, 0.29) is 24.5 Å². The van der Waals surface area contributed by atoms with E-state index in [9.17, 15) is 9.59 Å². The van der Waals surface area contributed by atoms with Gasteiger partial charge in [-0.05, 0) is 64.7 Å². The molecular formula is C23H23BrN2O4S. The molecule has 4 rings (SSSR count). The van der Waals surface area contributed by atoms with E-state index in [1.807, 2.05) is 48.5 Å². The number of methoxy groups -OCH3 is 1. The molecule has 2 amide bonds. The van der Waals surface area contributed by atoms with E-state index >= 15 is 0 Å². The minimum Gasteiger partial charge on any atom is -0.496 e. The van der Waals surface area contributed by atoms with Gasteiger partial charge in [0.2, 0.25) is 5.91 Å². The fourth-order valence-electron chi connectivity index (χ4n) is 3.58. The first-order chi connectivity index (χ1) is 15.0. The third-order valence-electron chi connectivity index (χ3n) is 5.16. The molecule has 0 saturated carbocycles. The van der Waals surface area contributed by atoms with Gasteiger partial charge >= 0.3 is 0 Å². The summed E-state index contributed by atoms with van der Waals surface area (Å²) in [6, 6.07) is 13.3. The summed E-state index contributed by atoms with van der Waals surface area (Å²) in [5.74, 6) is 0.333. The van der Waals surface area contributed by atoms with E-state index < -0.39 is 0 Å². The highest BCUT2D eigenvalue weighted by Crippen LogP contribution is 2.42. The summed E-state index contributed by atoms with van der Waals surface area (Å²) in [7, 11) is 1.61. The molecule has 0 aromatic heterocycles. The molecule has 1 atom stereocenters. The summed E-state index contributed by atoms with van der Waals surface area (Å²) < 4.78 is 11.6. The Morgan fingerprint density at radius 2 is 2.19 bits per heavy atom. The summed E-state index contributed by atoms with van der Waals surface area (Å²) in [5.41, 5.74) is 1.61. The quantitative estimate of drug-likeness (QED) is 0.598. The second-order valence-corrected chi connectivity index (χ2v) is 9.24. The number of carbonyl (C=O) groups is 2. The SMILES string of the molecule is COc1ccc(/C=C2\Sc3ccccc3N(CC(=O)NC[C@H]3CCCO3)C2=O)cc1Br. The van der Waals surface area contributed by atoms with Gasteiger partial charge in [-0.15, -0.1) is 0 Å². The summed E-state index contributed by atoms with van der Waals surface area (Å²) >= 11 is 4.90. The normalized spacial score (nSPS) is 19.4. The minimum absolute atomic E-state index is 0.0349. The Bertz CT molecular complexity index is 1020. The lowest BCUT2D eigenvalue weighted by molar-refractivity contribution is -0.122. The minimum atomic E-state index is -0.197. The Hall–Kier alpha value is -2.29. The number of nitrogens with one attached hydrogen (secondary N) is 1. The van der Waals surface area contributed by atoms with Gasteiger partial charge in [-0.2, -0.15) is 0 Å². The first-order valence-electron chi connectivity index (χ1n) is 10.1. The number of thioether (sulfide) groups is 1. The van der Waals surface area contributed by atoms with Crippen molar-refractivity contribution in [2.75, 3.05) is 31.7 Å². The maximum absolute atomic E-state index is 13.3. The van der Waals surface area contributed by atoms with Crippen molar-refractivity contribution in [2.24, 2.45) is 0 Å². The van der Waals surface area contributed by atoms with Gasteiger partial charge in [0.15, 0.2) is 0 Å². The van der Waals surface area contributed by atoms with Gasteiger partial charge in [0.1, 0.15) is 12.3 Å². The Kier molecular flexibility index (Phi) is 6.99. The van der Waals surface area contributed by atoms with E-state index in [0.29, 0.717) is 11.4 Å². The largest absolute Gasteiger partial charge is 0.496 e. The van der Waals surface area contributed by atoms with Crippen molar-refractivity contribution in [3.63, 3.8) is 0 Å². The van der Waals surface area contributed by atoms with Crippen LogP contribution in [0.15, 0.2) is 56.7 Å². The number of hydrogen-bond donors (Lipinski definition) is 1. The molecule has 0 spiro atoms. The van der Waals surface area contributed by atoms with Gasteiger partial charge in [-0.1, -0.05) is 30.0 Å². The van der Waals surface area contributed by atoms with Crippen LogP contribution in [0, 0.1) is 0 Å². The van der Waals surface area contributed by atoms with Crippen molar-refractivity contribution in [3.8, 4) is 5.75 Å². The molecule has 1 fully saturated rings. The number of ether oxygens (including phenoxy) is 2. The predicted octanol–water partition coefficient (Wildman–Crippen LogP) is 4.23. The van der Waals surface area contributed by atoms with Crippen molar-refractivity contribution in [3.05, 3.63) is 57.4 Å². The summed E-state index contributed by atoms with van der Waals surface area (Å²) in [6.07, 6.45) is 3.87. The Balaban J connectivity index is 1.55. The number of anilines is 1. The summed E-state index contributed by atoms with van der Waals surface area (Å²) in [5, 5.41) is 2.90. The van der Waals surface area contributed by atoms with E-state index in [0.717, 1.165) is 45.8 Å². The molecule has 2 aromatic rings. The molecule has 0 unspecified atom stereocenters. The number of benzene rings is 2. The molecule has 2 heterocycles. The zero-order valence-electron chi connectivity index (χ0n) is 17.1. The smallest absolute Gasteiger partial charge is 0.265 e. The van der Waals surface area contributed by atoms with E-state index in [1.54, 1.807) is 12.0 Å². The highest BCUT2D eigenvalue weighted by molar-refractivity contribution is 9.10. The monoisotopic (exact) mass is 502 g/mol. The van der Waals surface area contributed by atoms with Crippen LogP contribution >= 0.6 is 27.7 Å². The van der Waals surface area contributed by atoms with Crippen LogP contribution < -0.4 is 15.0 Å². The number of nitrogens with zero attached hydrogens (tertiary/aromatic N) is 1. The van der Waals surface area contributed by atoms with Gasteiger partial charge in [-0.25, -0.2) is 0 Å². The molecule has 8 heteroatoms. The molecule has 1 saturated heterocycles. The molecule has 31 heavy (non-hydrogen) atoms. The molecule has 2 aliphatic heterocycles. The fraction of sp³-hybridized carbons (Fsp3) is 0.304. The first-order valence-corrected chi connectivity index (χ1v) is 11.7. The number of carbonyl (C=O) groups excluding carboxylic acids is 2. The van der Waals surface area contributed by atoms with Crippen molar-refractivity contribution in [1.29, 1.82) is 0 Å². The van der Waals surface area contributed by atoms with E-state index in [2.05, 4.69) is 21.2 Å². The van der Waals surface area contributed by atoms with E-state index in [1.165, 1.54) is 11.8 Å². The Morgan fingerprint density at radius 1 is 1.35 bits per heavy atom. The van der Waals surface area contributed by atoms with Crippen LogP contribution in [-0.4, -0.2) is 44.7 Å². The van der Waals surface area contributed by atoms with Crippen molar-refractivity contribution < 1.29 is 19.1 Å². The molecular weight excluding hydrogens is 480 g/mol. The third kappa shape index (κ3) is 5.14. The topological polar surface area (TPSA) is 67.9 Å². The van der Waals surface area contributed by atoms with Gasteiger partial charge < -0.3 is 14.8 Å². The average molecular weight is 503 g/mol. The third-order valence-corrected chi connectivity index (χ3v) is 6.86. The van der Waals surface area contributed by atoms with Crippen LogP contribution in [0.3, 0.4) is 0 Å². The molecule has 6 nitrogen and oxygen atoms in total. The molecule has 0 bridgehead atoms. The van der Waals surface area contributed by atoms with E-state index in [4.69, 9.17) is 9.47 Å².